The first-order valence-electron chi connectivity index (χ1n) is 12.3. The van der Waals surface area contributed by atoms with Crippen LogP contribution in [0.25, 0.3) is 5.52 Å². The van der Waals surface area contributed by atoms with Gasteiger partial charge in [-0.3, -0.25) is 9.59 Å². The number of aryl methyl sites for hydroxylation is 1. The van der Waals surface area contributed by atoms with E-state index in [1.807, 2.05) is 26.0 Å². The Bertz CT molecular complexity index is 1270. The van der Waals surface area contributed by atoms with Crippen LogP contribution in [-0.2, 0) is 6.54 Å². The maximum absolute atomic E-state index is 13.3. The number of benzene rings is 1. The number of rotatable bonds is 7. The van der Waals surface area contributed by atoms with Gasteiger partial charge in [0, 0.05) is 53.1 Å². The molecule has 3 aromatic rings. The van der Waals surface area contributed by atoms with Crippen LogP contribution in [0.2, 0.25) is 5.02 Å². The second-order valence-electron chi connectivity index (χ2n) is 9.73. The predicted molar refractivity (Wildman–Crippen MR) is 141 cm³/mol. The van der Waals surface area contributed by atoms with E-state index in [0.29, 0.717) is 33.7 Å². The number of aromatic nitrogens is 1. The summed E-state index contributed by atoms with van der Waals surface area (Å²) in [6.07, 6.45) is 6.03. The number of anilines is 1. The lowest BCUT2D eigenvalue weighted by Gasteiger charge is -2.40. The van der Waals surface area contributed by atoms with Gasteiger partial charge in [0.25, 0.3) is 11.5 Å². The molecule has 0 bridgehead atoms. The van der Waals surface area contributed by atoms with Gasteiger partial charge in [-0.1, -0.05) is 11.6 Å². The molecule has 0 spiro atoms. The molecule has 1 aromatic carbocycles. The van der Waals surface area contributed by atoms with Crippen LogP contribution < -0.4 is 15.8 Å². The van der Waals surface area contributed by atoms with Crippen LogP contribution in [0.4, 0.5) is 5.69 Å². The van der Waals surface area contributed by atoms with E-state index >= 15 is 0 Å². The number of pyridine rings is 1. The van der Waals surface area contributed by atoms with Crippen LogP contribution in [0.3, 0.4) is 0 Å². The summed E-state index contributed by atoms with van der Waals surface area (Å²) in [5.41, 5.74) is 4.18. The lowest BCUT2D eigenvalue weighted by molar-refractivity contribution is 0.0950. The van der Waals surface area contributed by atoms with Crippen molar-refractivity contribution in [3.8, 4) is 0 Å². The summed E-state index contributed by atoms with van der Waals surface area (Å²) < 4.78 is 6.51. The van der Waals surface area contributed by atoms with Crippen LogP contribution >= 0.6 is 11.6 Å². The predicted octanol–water partition coefficient (Wildman–Crippen LogP) is 4.79. The highest BCUT2D eigenvalue weighted by Gasteiger charge is 2.28. The van der Waals surface area contributed by atoms with E-state index in [0.717, 1.165) is 49.0 Å². The van der Waals surface area contributed by atoms with Crippen LogP contribution in [0.15, 0.2) is 39.8 Å². The van der Waals surface area contributed by atoms with Gasteiger partial charge in [0.05, 0.1) is 5.52 Å². The molecule has 1 saturated carbocycles. The Hall–Kier alpha value is -2.77. The minimum atomic E-state index is -0.265. The number of hydrogen-bond acceptors (Lipinski definition) is 5. The Labute approximate surface area is 211 Å². The SMILES string of the molecule is CCN(c1cc(Cl)cc(C(=O)NCc2c(C)cc3ccon3c2=O)c1C)C1CCC(N(C)C)CC1. The molecule has 4 rings (SSSR count). The summed E-state index contributed by atoms with van der Waals surface area (Å²) in [6, 6.07) is 8.34. The Kier molecular flexibility index (Phi) is 7.57. The largest absolute Gasteiger partial charge is 0.379 e. The fourth-order valence-corrected chi connectivity index (χ4v) is 5.56. The normalized spacial score (nSPS) is 18.3. The highest BCUT2D eigenvalue weighted by atomic mass is 35.5. The standard InChI is InChI=1S/C27H35ClN4O3/c1-6-31(21-9-7-20(8-10-21)30(4)5)25-15-19(28)14-23(18(25)3)26(33)29-16-24-17(2)13-22-11-12-35-32(22)27(24)34/h11-15,20-21H,6-10,16H2,1-5H3,(H,29,33). The van der Waals surface area contributed by atoms with E-state index in [4.69, 9.17) is 16.1 Å². The van der Waals surface area contributed by atoms with Crippen molar-refractivity contribution in [2.24, 2.45) is 0 Å². The molecule has 2 aromatic heterocycles. The number of fused-ring (bicyclic) bond motifs is 1. The van der Waals surface area contributed by atoms with Crippen LogP contribution in [0, 0.1) is 13.8 Å². The minimum Gasteiger partial charge on any atom is -0.379 e. The third kappa shape index (κ3) is 5.11. The van der Waals surface area contributed by atoms with Gasteiger partial charge < -0.3 is 19.6 Å². The molecule has 188 valence electrons. The lowest BCUT2D eigenvalue weighted by atomic mass is 9.89. The van der Waals surface area contributed by atoms with Crippen molar-refractivity contribution < 1.29 is 9.32 Å². The molecule has 1 amide bonds. The first-order valence-corrected chi connectivity index (χ1v) is 12.7. The van der Waals surface area contributed by atoms with E-state index in [9.17, 15) is 9.59 Å². The highest BCUT2D eigenvalue weighted by Crippen LogP contribution is 2.34. The molecule has 2 heterocycles. The quantitative estimate of drug-likeness (QED) is 0.507. The molecule has 0 radical (unpaired) electrons. The molecule has 8 heteroatoms. The Balaban J connectivity index is 1.55. The first kappa shape index (κ1) is 25.3. The zero-order valence-corrected chi connectivity index (χ0v) is 22.0. The summed E-state index contributed by atoms with van der Waals surface area (Å²) in [6.45, 7) is 6.95. The Morgan fingerprint density at radius 2 is 1.83 bits per heavy atom. The van der Waals surface area contributed by atoms with Crippen LogP contribution in [0.1, 0.15) is 59.7 Å². The number of hydrogen-bond donors (Lipinski definition) is 1. The van der Waals surface area contributed by atoms with Crippen molar-refractivity contribution in [2.75, 3.05) is 25.5 Å². The third-order valence-electron chi connectivity index (χ3n) is 7.43. The maximum Gasteiger partial charge on any atom is 0.289 e. The van der Waals surface area contributed by atoms with Gasteiger partial charge >= 0.3 is 0 Å². The van der Waals surface area contributed by atoms with Gasteiger partial charge in [-0.25, -0.2) is 0 Å². The fraction of sp³-hybridized carbons (Fsp3) is 0.481. The van der Waals surface area contributed by atoms with Gasteiger partial charge in [0.1, 0.15) is 6.26 Å². The molecular formula is C27H35ClN4O3. The summed E-state index contributed by atoms with van der Waals surface area (Å²) in [4.78, 5) is 30.8. The zero-order valence-electron chi connectivity index (χ0n) is 21.2. The van der Waals surface area contributed by atoms with Crippen molar-refractivity contribution in [1.29, 1.82) is 0 Å². The van der Waals surface area contributed by atoms with E-state index in [1.54, 1.807) is 12.1 Å². The fourth-order valence-electron chi connectivity index (χ4n) is 5.35. The van der Waals surface area contributed by atoms with Gasteiger partial charge in [-0.15, -0.1) is 4.57 Å². The van der Waals surface area contributed by atoms with Crippen LogP contribution in [0.5, 0.6) is 0 Å². The topological polar surface area (TPSA) is 70.2 Å². The van der Waals surface area contributed by atoms with E-state index in [-0.39, 0.29) is 18.0 Å². The van der Waals surface area contributed by atoms with E-state index < -0.39 is 0 Å². The summed E-state index contributed by atoms with van der Waals surface area (Å²) >= 11 is 6.51. The van der Waals surface area contributed by atoms with Crippen LogP contribution in [-0.4, -0.2) is 48.1 Å². The Morgan fingerprint density at radius 3 is 2.49 bits per heavy atom. The second kappa shape index (κ2) is 10.5. The molecule has 0 unspecified atom stereocenters. The van der Waals surface area contributed by atoms with Crippen molar-refractivity contribution in [3.63, 3.8) is 0 Å². The second-order valence-corrected chi connectivity index (χ2v) is 10.2. The highest BCUT2D eigenvalue weighted by molar-refractivity contribution is 6.31. The lowest BCUT2D eigenvalue weighted by Crippen LogP contribution is -2.42. The summed E-state index contributed by atoms with van der Waals surface area (Å²) in [5.74, 6) is -0.248. The number of nitrogens with one attached hydrogen (secondary N) is 1. The Morgan fingerprint density at radius 1 is 1.14 bits per heavy atom. The third-order valence-corrected chi connectivity index (χ3v) is 7.64. The van der Waals surface area contributed by atoms with E-state index in [2.05, 4.69) is 36.1 Å². The minimum absolute atomic E-state index is 0.112. The van der Waals surface area contributed by atoms with Crippen molar-refractivity contribution in [1.82, 2.24) is 14.8 Å². The number of carbonyl (C=O) groups excluding carboxylic acids is 1. The summed E-state index contributed by atoms with van der Waals surface area (Å²) in [5, 5.41) is 3.46. The monoisotopic (exact) mass is 498 g/mol. The van der Waals surface area contributed by atoms with Gasteiger partial charge in [-0.2, -0.15) is 0 Å². The number of carbonyl (C=O) groups is 1. The number of nitrogens with zero attached hydrogens (tertiary/aromatic N) is 3. The number of amides is 1. The van der Waals surface area contributed by atoms with E-state index in [1.165, 1.54) is 10.8 Å². The zero-order chi connectivity index (χ0) is 25.3. The van der Waals surface area contributed by atoms with Crippen molar-refractivity contribution in [3.05, 3.63) is 68.2 Å². The van der Waals surface area contributed by atoms with Gasteiger partial charge in [0.2, 0.25) is 0 Å². The molecule has 1 aliphatic rings. The van der Waals surface area contributed by atoms with Gasteiger partial charge in [-0.05, 0) is 89.9 Å². The van der Waals surface area contributed by atoms with Gasteiger partial charge in [0.15, 0.2) is 0 Å². The molecule has 7 nitrogen and oxygen atoms in total. The molecule has 1 aliphatic carbocycles. The number of halogens is 1. The average molecular weight is 499 g/mol. The molecule has 0 aliphatic heterocycles. The van der Waals surface area contributed by atoms with Crippen molar-refractivity contribution in [2.45, 2.75) is 65.1 Å². The molecule has 0 atom stereocenters. The van der Waals surface area contributed by atoms with Crippen molar-refractivity contribution >= 4 is 28.7 Å². The smallest absolute Gasteiger partial charge is 0.289 e. The molecule has 1 N–H and O–H groups in total. The molecule has 1 fully saturated rings. The molecule has 35 heavy (non-hydrogen) atoms. The maximum atomic E-state index is 13.3. The summed E-state index contributed by atoms with van der Waals surface area (Å²) in [7, 11) is 4.30. The molecule has 0 saturated heterocycles. The molecular weight excluding hydrogens is 464 g/mol. The average Bonchev–Trinajstić information content (AvgIpc) is 3.30. The first-order chi connectivity index (χ1) is 16.7.